The van der Waals surface area contributed by atoms with Gasteiger partial charge in [0.2, 0.25) is 0 Å². The molecular formula is C15H24N2O. The summed E-state index contributed by atoms with van der Waals surface area (Å²) in [6.45, 7) is 3.26. The first-order valence-corrected chi connectivity index (χ1v) is 6.68. The second kappa shape index (κ2) is 5.72. The summed E-state index contributed by atoms with van der Waals surface area (Å²) in [5.41, 5.74) is 2.58. The highest BCUT2D eigenvalue weighted by Crippen LogP contribution is 2.34. The van der Waals surface area contributed by atoms with Crippen molar-refractivity contribution in [2.75, 3.05) is 27.7 Å². The first kappa shape index (κ1) is 13.4. The van der Waals surface area contributed by atoms with Gasteiger partial charge in [-0.15, -0.1) is 0 Å². The highest BCUT2D eigenvalue weighted by atomic mass is 16.5. The average Bonchev–Trinajstić information content (AvgIpc) is 2.83. The van der Waals surface area contributed by atoms with Crippen LogP contribution in [-0.4, -0.2) is 38.7 Å². The van der Waals surface area contributed by atoms with Crippen LogP contribution >= 0.6 is 0 Å². The molecule has 2 atom stereocenters. The molecule has 2 rings (SSSR count). The van der Waals surface area contributed by atoms with E-state index in [-0.39, 0.29) is 0 Å². The van der Waals surface area contributed by atoms with E-state index in [1.54, 1.807) is 7.11 Å². The molecule has 0 saturated carbocycles. The largest absolute Gasteiger partial charge is 0.496 e. The van der Waals surface area contributed by atoms with E-state index in [2.05, 4.69) is 49.4 Å². The SMILES string of the molecule is COc1ccc(C)cc1C(C1CCCN1)N(C)C. The second-order valence-corrected chi connectivity index (χ2v) is 5.36. The average molecular weight is 248 g/mol. The molecule has 1 aliphatic rings. The predicted octanol–water partition coefficient (Wildman–Crippen LogP) is 2.36. The van der Waals surface area contributed by atoms with Gasteiger partial charge in [0.05, 0.1) is 13.2 Å². The number of rotatable bonds is 4. The number of ether oxygens (including phenoxy) is 1. The first-order chi connectivity index (χ1) is 8.63. The van der Waals surface area contributed by atoms with E-state index in [4.69, 9.17) is 4.74 Å². The molecule has 1 fully saturated rings. The lowest BCUT2D eigenvalue weighted by Crippen LogP contribution is -2.37. The van der Waals surface area contributed by atoms with Gasteiger partial charge < -0.3 is 15.0 Å². The quantitative estimate of drug-likeness (QED) is 0.885. The van der Waals surface area contributed by atoms with Crippen LogP contribution in [0.15, 0.2) is 18.2 Å². The van der Waals surface area contributed by atoms with Gasteiger partial charge in [-0.25, -0.2) is 0 Å². The van der Waals surface area contributed by atoms with Gasteiger partial charge >= 0.3 is 0 Å². The van der Waals surface area contributed by atoms with Gasteiger partial charge in [-0.1, -0.05) is 17.7 Å². The predicted molar refractivity (Wildman–Crippen MR) is 75.2 cm³/mol. The van der Waals surface area contributed by atoms with Gasteiger partial charge in [-0.3, -0.25) is 0 Å². The summed E-state index contributed by atoms with van der Waals surface area (Å²) in [6, 6.07) is 7.34. The Morgan fingerprint density at radius 1 is 1.39 bits per heavy atom. The number of methoxy groups -OCH3 is 1. The Morgan fingerprint density at radius 3 is 2.72 bits per heavy atom. The second-order valence-electron chi connectivity index (χ2n) is 5.36. The van der Waals surface area contributed by atoms with Crippen molar-refractivity contribution in [3.8, 4) is 5.75 Å². The molecule has 2 unspecified atom stereocenters. The van der Waals surface area contributed by atoms with Crippen LogP contribution in [0.25, 0.3) is 0 Å². The highest BCUT2D eigenvalue weighted by molar-refractivity contribution is 5.40. The standard InChI is InChI=1S/C15H24N2O/c1-11-7-8-14(18-4)12(10-11)15(17(2)3)13-6-5-9-16-13/h7-8,10,13,15-16H,5-6,9H2,1-4H3. The van der Waals surface area contributed by atoms with Crippen molar-refractivity contribution in [3.63, 3.8) is 0 Å². The van der Waals surface area contributed by atoms with Crippen molar-refractivity contribution in [3.05, 3.63) is 29.3 Å². The molecule has 0 radical (unpaired) electrons. The fourth-order valence-corrected chi connectivity index (χ4v) is 2.92. The zero-order chi connectivity index (χ0) is 13.1. The molecule has 1 heterocycles. The van der Waals surface area contributed by atoms with E-state index < -0.39 is 0 Å². The van der Waals surface area contributed by atoms with E-state index >= 15 is 0 Å². The molecule has 0 aromatic heterocycles. The van der Waals surface area contributed by atoms with Crippen LogP contribution in [0, 0.1) is 6.92 Å². The van der Waals surface area contributed by atoms with Crippen LogP contribution in [0.4, 0.5) is 0 Å². The molecule has 3 heteroatoms. The van der Waals surface area contributed by atoms with Crippen LogP contribution in [0.1, 0.15) is 30.0 Å². The van der Waals surface area contributed by atoms with E-state index in [0.29, 0.717) is 12.1 Å². The van der Waals surface area contributed by atoms with Crippen LogP contribution in [0.5, 0.6) is 5.75 Å². The molecule has 1 aromatic carbocycles. The lowest BCUT2D eigenvalue weighted by molar-refractivity contribution is 0.237. The fraction of sp³-hybridized carbons (Fsp3) is 0.600. The molecule has 0 amide bonds. The van der Waals surface area contributed by atoms with Gasteiger partial charge in [0.25, 0.3) is 0 Å². The van der Waals surface area contributed by atoms with Crippen molar-refractivity contribution in [1.82, 2.24) is 10.2 Å². The lowest BCUT2D eigenvalue weighted by atomic mass is 9.95. The minimum atomic E-state index is 0.377. The van der Waals surface area contributed by atoms with E-state index in [1.807, 2.05) is 0 Å². The molecule has 1 aliphatic heterocycles. The highest BCUT2D eigenvalue weighted by Gasteiger charge is 2.29. The molecule has 0 bridgehead atoms. The van der Waals surface area contributed by atoms with Crippen molar-refractivity contribution in [2.45, 2.75) is 31.8 Å². The van der Waals surface area contributed by atoms with Crippen LogP contribution in [-0.2, 0) is 0 Å². The summed E-state index contributed by atoms with van der Waals surface area (Å²) in [6.07, 6.45) is 2.50. The Hall–Kier alpha value is -1.06. The topological polar surface area (TPSA) is 24.5 Å². The third-order valence-corrected chi connectivity index (χ3v) is 3.74. The summed E-state index contributed by atoms with van der Waals surface area (Å²) >= 11 is 0. The Bertz CT molecular complexity index is 397. The molecular weight excluding hydrogens is 224 g/mol. The van der Waals surface area contributed by atoms with E-state index in [0.717, 1.165) is 12.3 Å². The molecule has 0 aliphatic carbocycles. The van der Waals surface area contributed by atoms with Gasteiger partial charge in [-0.2, -0.15) is 0 Å². The maximum Gasteiger partial charge on any atom is 0.123 e. The minimum Gasteiger partial charge on any atom is -0.496 e. The number of aryl methyl sites for hydroxylation is 1. The smallest absolute Gasteiger partial charge is 0.123 e. The number of likely N-dealkylation sites (N-methyl/N-ethyl adjacent to an activating group) is 1. The Balaban J connectivity index is 2.37. The summed E-state index contributed by atoms with van der Waals surface area (Å²) in [4.78, 5) is 2.29. The summed E-state index contributed by atoms with van der Waals surface area (Å²) < 4.78 is 5.54. The van der Waals surface area contributed by atoms with Gasteiger partial charge in [-0.05, 0) is 46.5 Å². The maximum atomic E-state index is 5.54. The zero-order valence-corrected chi connectivity index (χ0v) is 11.9. The van der Waals surface area contributed by atoms with Crippen molar-refractivity contribution < 1.29 is 4.74 Å². The van der Waals surface area contributed by atoms with E-state index in [1.165, 1.54) is 24.0 Å². The number of benzene rings is 1. The number of nitrogens with one attached hydrogen (secondary N) is 1. The molecule has 3 nitrogen and oxygen atoms in total. The third kappa shape index (κ3) is 2.68. The van der Waals surface area contributed by atoms with E-state index in [9.17, 15) is 0 Å². The number of hydrogen-bond donors (Lipinski definition) is 1. The van der Waals surface area contributed by atoms with Crippen LogP contribution in [0.2, 0.25) is 0 Å². The third-order valence-electron chi connectivity index (χ3n) is 3.74. The summed E-state index contributed by atoms with van der Waals surface area (Å²) in [7, 11) is 6.04. The maximum absolute atomic E-state index is 5.54. The van der Waals surface area contributed by atoms with Crippen LogP contribution in [0.3, 0.4) is 0 Å². The van der Waals surface area contributed by atoms with Gasteiger partial charge in [0.15, 0.2) is 0 Å². The van der Waals surface area contributed by atoms with Crippen molar-refractivity contribution in [1.29, 1.82) is 0 Å². The number of hydrogen-bond acceptors (Lipinski definition) is 3. The fourth-order valence-electron chi connectivity index (χ4n) is 2.92. The Morgan fingerprint density at radius 2 is 2.17 bits per heavy atom. The normalized spacial score (nSPS) is 21.3. The van der Waals surface area contributed by atoms with Crippen molar-refractivity contribution >= 4 is 0 Å². The number of nitrogens with zero attached hydrogens (tertiary/aromatic N) is 1. The monoisotopic (exact) mass is 248 g/mol. The Labute approximate surface area is 110 Å². The summed E-state index contributed by atoms with van der Waals surface area (Å²) in [5, 5.41) is 3.61. The molecule has 0 spiro atoms. The Kier molecular flexibility index (Phi) is 4.25. The van der Waals surface area contributed by atoms with Gasteiger partial charge in [0.1, 0.15) is 5.75 Å². The molecule has 18 heavy (non-hydrogen) atoms. The molecule has 1 N–H and O–H groups in total. The van der Waals surface area contributed by atoms with Crippen molar-refractivity contribution in [2.24, 2.45) is 0 Å². The molecule has 100 valence electrons. The first-order valence-electron chi connectivity index (χ1n) is 6.68. The zero-order valence-electron chi connectivity index (χ0n) is 11.9. The minimum absolute atomic E-state index is 0.377. The molecule has 1 saturated heterocycles. The van der Waals surface area contributed by atoms with Gasteiger partial charge in [0, 0.05) is 11.6 Å². The molecule has 1 aromatic rings. The summed E-state index contributed by atoms with van der Waals surface area (Å²) in [5.74, 6) is 0.994. The lowest BCUT2D eigenvalue weighted by Gasteiger charge is -2.31. The van der Waals surface area contributed by atoms with Crippen LogP contribution < -0.4 is 10.1 Å².